The van der Waals surface area contributed by atoms with Crippen molar-refractivity contribution in [3.05, 3.63) is 59.7 Å². The second-order valence-electron chi connectivity index (χ2n) is 5.02. The number of anilines is 2. The molecule has 4 heteroatoms. The van der Waals surface area contributed by atoms with E-state index in [2.05, 4.69) is 10.2 Å². The van der Waals surface area contributed by atoms with Crippen LogP contribution in [-0.2, 0) is 6.54 Å². The van der Waals surface area contributed by atoms with Gasteiger partial charge in [-0.15, -0.1) is 0 Å². The van der Waals surface area contributed by atoms with E-state index in [-0.39, 0.29) is 5.91 Å². The van der Waals surface area contributed by atoms with Gasteiger partial charge in [0.25, 0.3) is 5.91 Å². The van der Waals surface area contributed by atoms with Gasteiger partial charge < -0.3 is 16.0 Å². The Morgan fingerprint density at radius 1 is 1.15 bits per heavy atom. The number of benzene rings is 2. The molecule has 0 heterocycles. The monoisotopic (exact) mass is 269 g/mol. The van der Waals surface area contributed by atoms with Crippen molar-refractivity contribution in [1.29, 1.82) is 0 Å². The Bertz CT molecular complexity index is 608. The second-order valence-corrected chi connectivity index (χ2v) is 5.02. The highest BCUT2D eigenvalue weighted by Crippen LogP contribution is 2.14. The lowest BCUT2D eigenvalue weighted by Gasteiger charge is -2.11. The van der Waals surface area contributed by atoms with Gasteiger partial charge in [0, 0.05) is 23.5 Å². The van der Waals surface area contributed by atoms with Crippen molar-refractivity contribution in [3.63, 3.8) is 0 Å². The second kappa shape index (κ2) is 6.21. The summed E-state index contributed by atoms with van der Waals surface area (Å²) in [6.45, 7) is 0.835. The molecule has 0 aromatic heterocycles. The van der Waals surface area contributed by atoms with Crippen molar-refractivity contribution in [2.75, 3.05) is 25.1 Å². The van der Waals surface area contributed by atoms with Crippen LogP contribution in [0.3, 0.4) is 0 Å². The predicted molar refractivity (Wildman–Crippen MR) is 82.6 cm³/mol. The van der Waals surface area contributed by atoms with Crippen LogP contribution in [0.25, 0.3) is 0 Å². The van der Waals surface area contributed by atoms with E-state index in [1.54, 1.807) is 24.3 Å². The molecule has 4 nitrogen and oxygen atoms in total. The Morgan fingerprint density at radius 2 is 1.90 bits per heavy atom. The first kappa shape index (κ1) is 14.1. The zero-order chi connectivity index (χ0) is 14.5. The zero-order valence-corrected chi connectivity index (χ0v) is 11.8. The summed E-state index contributed by atoms with van der Waals surface area (Å²) >= 11 is 0. The summed E-state index contributed by atoms with van der Waals surface area (Å²) < 4.78 is 0. The molecule has 0 unspecified atom stereocenters. The summed E-state index contributed by atoms with van der Waals surface area (Å²) in [6.07, 6.45) is 0. The lowest BCUT2D eigenvalue weighted by Crippen LogP contribution is -2.13. The lowest BCUT2D eigenvalue weighted by atomic mass is 10.1. The van der Waals surface area contributed by atoms with Crippen molar-refractivity contribution >= 4 is 17.3 Å². The van der Waals surface area contributed by atoms with E-state index in [1.807, 2.05) is 38.4 Å². The molecule has 0 saturated heterocycles. The summed E-state index contributed by atoms with van der Waals surface area (Å²) in [4.78, 5) is 14.2. The maximum atomic E-state index is 12.1. The SMILES string of the molecule is CN(C)Cc1cccc(NC(=O)c2cccc(N)c2)c1. The van der Waals surface area contributed by atoms with Gasteiger partial charge in [0.05, 0.1) is 0 Å². The number of nitrogens with one attached hydrogen (secondary N) is 1. The molecule has 0 aliphatic carbocycles. The van der Waals surface area contributed by atoms with E-state index in [1.165, 1.54) is 0 Å². The van der Waals surface area contributed by atoms with Crippen LogP contribution in [-0.4, -0.2) is 24.9 Å². The lowest BCUT2D eigenvalue weighted by molar-refractivity contribution is 0.102. The largest absolute Gasteiger partial charge is 0.399 e. The minimum Gasteiger partial charge on any atom is -0.399 e. The van der Waals surface area contributed by atoms with Gasteiger partial charge in [0.15, 0.2) is 0 Å². The van der Waals surface area contributed by atoms with E-state index in [0.29, 0.717) is 11.3 Å². The van der Waals surface area contributed by atoms with Crippen LogP contribution in [0.2, 0.25) is 0 Å². The van der Waals surface area contributed by atoms with Crippen molar-refractivity contribution in [2.24, 2.45) is 0 Å². The zero-order valence-electron chi connectivity index (χ0n) is 11.8. The fraction of sp³-hybridized carbons (Fsp3) is 0.188. The molecule has 3 N–H and O–H groups in total. The van der Waals surface area contributed by atoms with E-state index in [0.717, 1.165) is 17.8 Å². The fourth-order valence-corrected chi connectivity index (χ4v) is 2.00. The van der Waals surface area contributed by atoms with Crippen molar-refractivity contribution in [1.82, 2.24) is 4.90 Å². The average Bonchev–Trinajstić information content (AvgIpc) is 2.38. The van der Waals surface area contributed by atoms with Gasteiger partial charge in [0.1, 0.15) is 0 Å². The number of nitrogen functional groups attached to an aromatic ring is 1. The van der Waals surface area contributed by atoms with Crippen LogP contribution >= 0.6 is 0 Å². The molecule has 2 rings (SSSR count). The third-order valence-electron chi connectivity index (χ3n) is 2.83. The summed E-state index contributed by atoms with van der Waals surface area (Å²) in [5.41, 5.74) is 8.77. The number of nitrogens with two attached hydrogens (primary N) is 1. The van der Waals surface area contributed by atoms with Crippen LogP contribution in [0.4, 0.5) is 11.4 Å². The minimum absolute atomic E-state index is 0.153. The highest BCUT2D eigenvalue weighted by Gasteiger charge is 2.06. The van der Waals surface area contributed by atoms with Gasteiger partial charge in [-0.1, -0.05) is 18.2 Å². The Balaban J connectivity index is 2.11. The highest BCUT2D eigenvalue weighted by atomic mass is 16.1. The standard InChI is InChI=1S/C16H19N3O/c1-19(2)11-12-5-3-8-15(9-12)18-16(20)13-6-4-7-14(17)10-13/h3-10H,11,17H2,1-2H3,(H,18,20). The Morgan fingerprint density at radius 3 is 2.60 bits per heavy atom. The molecule has 0 aliphatic heterocycles. The third-order valence-corrected chi connectivity index (χ3v) is 2.83. The summed E-state index contributed by atoms with van der Waals surface area (Å²) in [5, 5.41) is 2.89. The van der Waals surface area contributed by atoms with E-state index in [9.17, 15) is 4.79 Å². The summed E-state index contributed by atoms with van der Waals surface area (Å²) in [5.74, 6) is -0.153. The Hall–Kier alpha value is -2.33. The Labute approximate surface area is 119 Å². The van der Waals surface area contributed by atoms with Gasteiger partial charge in [-0.3, -0.25) is 4.79 Å². The quantitative estimate of drug-likeness (QED) is 0.839. The molecular formula is C16H19N3O. The smallest absolute Gasteiger partial charge is 0.255 e. The van der Waals surface area contributed by atoms with Crippen LogP contribution in [0.15, 0.2) is 48.5 Å². The number of nitrogens with zero attached hydrogens (tertiary/aromatic N) is 1. The number of amides is 1. The summed E-state index contributed by atoms with van der Waals surface area (Å²) in [7, 11) is 4.02. The van der Waals surface area contributed by atoms with Gasteiger partial charge in [-0.05, 0) is 50.0 Å². The normalized spacial score (nSPS) is 10.6. The third kappa shape index (κ3) is 3.83. The number of rotatable bonds is 4. The van der Waals surface area contributed by atoms with Crippen LogP contribution < -0.4 is 11.1 Å². The molecule has 104 valence electrons. The number of hydrogen-bond donors (Lipinski definition) is 2. The number of carbonyl (C=O) groups excluding carboxylic acids is 1. The predicted octanol–water partition coefficient (Wildman–Crippen LogP) is 2.58. The molecule has 2 aromatic carbocycles. The molecular weight excluding hydrogens is 250 g/mol. The van der Waals surface area contributed by atoms with Gasteiger partial charge in [-0.25, -0.2) is 0 Å². The van der Waals surface area contributed by atoms with Crippen molar-refractivity contribution in [2.45, 2.75) is 6.54 Å². The first-order chi connectivity index (χ1) is 9.54. The molecule has 2 aromatic rings. The highest BCUT2D eigenvalue weighted by molar-refractivity contribution is 6.04. The maximum Gasteiger partial charge on any atom is 0.255 e. The van der Waals surface area contributed by atoms with Crippen molar-refractivity contribution in [3.8, 4) is 0 Å². The topological polar surface area (TPSA) is 58.4 Å². The molecule has 0 bridgehead atoms. The maximum absolute atomic E-state index is 12.1. The average molecular weight is 269 g/mol. The Kier molecular flexibility index (Phi) is 4.38. The number of carbonyl (C=O) groups is 1. The molecule has 1 amide bonds. The van der Waals surface area contributed by atoms with E-state index >= 15 is 0 Å². The molecule has 20 heavy (non-hydrogen) atoms. The van der Waals surface area contributed by atoms with Gasteiger partial charge >= 0.3 is 0 Å². The van der Waals surface area contributed by atoms with Gasteiger partial charge in [-0.2, -0.15) is 0 Å². The van der Waals surface area contributed by atoms with Crippen molar-refractivity contribution < 1.29 is 4.79 Å². The first-order valence-corrected chi connectivity index (χ1v) is 6.45. The molecule has 0 radical (unpaired) electrons. The van der Waals surface area contributed by atoms with E-state index in [4.69, 9.17) is 5.73 Å². The minimum atomic E-state index is -0.153. The van der Waals surface area contributed by atoms with Crippen LogP contribution in [0.1, 0.15) is 15.9 Å². The van der Waals surface area contributed by atoms with E-state index < -0.39 is 0 Å². The molecule has 0 saturated carbocycles. The molecule has 0 fully saturated rings. The van der Waals surface area contributed by atoms with Gasteiger partial charge in [0.2, 0.25) is 0 Å². The molecule has 0 spiro atoms. The summed E-state index contributed by atoms with van der Waals surface area (Å²) in [6, 6.07) is 14.8. The number of hydrogen-bond acceptors (Lipinski definition) is 3. The molecule has 0 atom stereocenters. The first-order valence-electron chi connectivity index (χ1n) is 6.45. The fourth-order valence-electron chi connectivity index (χ4n) is 2.00. The van der Waals surface area contributed by atoms with Crippen LogP contribution in [0.5, 0.6) is 0 Å². The van der Waals surface area contributed by atoms with Crippen LogP contribution in [0, 0.1) is 0 Å². The molecule has 0 aliphatic rings.